The Hall–Kier alpha value is -2.57. The minimum absolute atomic E-state index is 0.124. The van der Waals surface area contributed by atoms with Gasteiger partial charge in [0.2, 0.25) is 4.96 Å². The van der Waals surface area contributed by atoms with Crippen LogP contribution < -0.4 is 10.1 Å². The highest BCUT2D eigenvalue weighted by molar-refractivity contribution is 7.15. The molecule has 0 aliphatic heterocycles. The van der Waals surface area contributed by atoms with E-state index in [1.165, 1.54) is 21.4 Å². The van der Waals surface area contributed by atoms with Crippen LogP contribution in [0.5, 0.6) is 0 Å². The fraction of sp³-hybridized carbons (Fsp3) is 0.150. The van der Waals surface area contributed by atoms with E-state index < -0.39 is 0 Å². The molecule has 0 fully saturated rings. The normalized spacial score (nSPS) is 12.8. The summed E-state index contributed by atoms with van der Waals surface area (Å²) in [7, 11) is 0. The Morgan fingerprint density at radius 1 is 1.12 bits per heavy atom. The monoisotopic (exact) mass is 379 g/mol. The summed E-state index contributed by atoms with van der Waals surface area (Å²) in [6, 6.07) is 12.3. The number of fused-ring (bicyclic) bond motifs is 1. The van der Waals surface area contributed by atoms with E-state index >= 15 is 0 Å². The summed E-state index contributed by atoms with van der Waals surface area (Å²) >= 11 is 3.01. The Balaban J connectivity index is 1.66. The van der Waals surface area contributed by atoms with Gasteiger partial charge >= 0.3 is 0 Å². The Labute approximate surface area is 158 Å². The zero-order valence-electron chi connectivity index (χ0n) is 14.4. The molecule has 26 heavy (non-hydrogen) atoms. The van der Waals surface area contributed by atoms with Crippen molar-refractivity contribution in [1.29, 1.82) is 0 Å². The fourth-order valence-corrected chi connectivity index (χ4v) is 4.12. The lowest BCUT2D eigenvalue weighted by Crippen LogP contribution is -2.23. The van der Waals surface area contributed by atoms with Crippen LogP contribution in [0.2, 0.25) is 0 Å². The van der Waals surface area contributed by atoms with Gasteiger partial charge in [-0.15, -0.1) is 16.4 Å². The van der Waals surface area contributed by atoms with Gasteiger partial charge in [-0.2, -0.15) is 9.50 Å². The lowest BCUT2D eigenvalue weighted by atomic mass is 10.0. The lowest BCUT2D eigenvalue weighted by molar-refractivity contribution is 0.866. The molecule has 0 unspecified atom stereocenters. The quantitative estimate of drug-likeness (QED) is 0.537. The van der Waals surface area contributed by atoms with Crippen molar-refractivity contribution in [3.8, 4) is 0 Å². The molecule has 0 saturated heterocycles. The molecule has 0 aliphatic carbocycles. The highest BCUT2D eigenvalue weighted by atomic mass is 32.1. The topological polar surface area (TPSA) is 47.3 Å². The average Bonchev–Trinajstić information content (AvgIpc) is 3.33. The number of hydrogen-bond donors (Lipinski definition) is 0. The molecule has 0 bridgehead atoms. The van der Waals surface area contributed by atoms with Crippen LogP contribution >= 0.6 is 22.7 Å². The second-order valence-corrected chi connectivity index (χ2v) is 8.24. The first-order chi connectivity index (χ1) is 12.6. The molecule has 0 radical (unpaired) electrons. The van der Waals surface area contributed by atoms with E-state index in [-0.39, 0.29) is 5.56 Å². The first-order valence-corrected chi connectivity index (χ1v) is 10.0. The highest BCUT2D eigenvalue weighted by Gasteiger charge is 2.09. The Morgan fingerprint density at radius 2 is 1.92 bits per heavy atom. The molecule has 1 aromatic carbocycles. The van der Waals surface area contributed by atoms with Crippen molar-refractivity contribution in [2.75, 3.05) is 0 Å². The van der Waals surface area contributed by atoms with Crippen molar-refractivity contribution in [3.05, 3.63) is 78.5 Å². The number of hydrogen-bond acceptors (Lipinski definition) is 5. The summed E-state index contributed by atoms with van der Waals surface area (Å²) in [5, 5.41) is 6.33. The summed E-state index contributed by atoms with van der Waals surface area (Å²) in [5.74, 6) is 1.04. The number of nitrogens with zero attached hydrogens (tertiary/aromatic N) is 3. The summed E-state index contributed by atoms with van der Waals surface area (Å²) in [6.07, 6.45) is 5.69. The molecule has 4 nitrogen and oxygen atoms in total. The molecule has 3 aromatic heterocycles. The van der Waals surface area contributed by atoms with E-state index in [0.717, 1.165) is 10.4 Å². The smallest absolute Gasteiger partial charge is 0.266 e. The SMILES string of the molecule is CC(C)c1ccc(/C=c2\sc3nc(/C=C/c4cccs4)nn3c2=O)cc1. The molecule has 4 rings (SSSR count). The highest BCUT2D eigenvalue weighted by Crippen LogP contribution is 2.15. The second kappa shape index (κ2) is 6.97. The molecule has 130 valence electrons. The van der Waals surface area contributed by atoms with Gasteiger partial charge in [0.05, 0.1) is 4.53 Å². The van der Waals surface area contributed by atoms with Crippen LogP contribution in [-0.4, -0.2) is 14.6 Å². The van der Waals surface area contributed by atoms with E-state index in [1.54, 1.807) is 11.3 Å². The first kappa shape index (κ1) is 16.9. The van der Waals surface area contributed by atoms with E-state index in [4.69, 9.17) is 0 Å². The van der Waals surface area contributed by atoms with Crippen LogP contribution in [-0.2, 0) is 0 Å². The Morgan fingerprint density at radius 3 is 2.58 bits per heavy atom. The molecule has 0 N–H and O–H groups in total. The summed E-state index contributed by atoms with van der Waals surface area (Å²) in [5.41, 5.74) is 2.17. The zero-order chi connectivity index (χ0) is 18.1. The van der Waals surface area contributed by atoms with Gasteiger partial charge in [0, 0.05) is 4.88 Å². The number of benzene rings is 1. The molecule has 0 aliphatic rings. The van der Waals surface area contributed by atoms with Gasteiger partial charge in [-0.25, -0.2) is 0 Å². The maximum Gasteiger partial charge on any atom is 0.291 e. The molecule has 4 aromatic rings. The number of rotatable bonds is 4. The largest absolute Gasteiger partial charge is 0.291 e. The van der Waals surface area contributed by atoms with E-state index in [1.807, 2.05) is 47.9 Å². The first-order valence-electron chi connectivity index (χ1n) is 8.33. The lowest BCUT2D eigenvalue weighted by Gasteiger charge is -2.04. The maximum atomic E-state index is 12.6. The average molecular weight is 380 g/mol. The van der Waals surface area contributed by atoms with Crippen molar-refractivity contribution in [2.24, 2.45) is 0 Å². The molecule has 0 saturated carbocycles. The fourth-order valence-electron chi connectivity index (χ4n) is 2.59. The summed E-state index contributed by atoms with van der Waals surface area (Å²) in [4.78, 5) is 18.8. The zero-order valence-corrected chi connectivity index (χ0v) is 16.1. The predicted molar refractivity (Wildman–Crippen MR) is 110 cm³/mol. The Kier molecular flexibility index (Phi) is 4.53. The number of thiazole rings is 1. The molecule has 0 atom stereocenters. The maximum absolute atomic E-state index is 12.6. The minimum Gasteiger partial charge on any atom is -0.266 e. The predicted octanol–water partition coefficient (Wildman–Crippen LogP) is 4.05. The molecule has 0 spiro atoms. The molecular weight excluding hydrogens is 362 g/mol. The molecular formula is C20H17N3OS2. The van der Waals surface area contributed by atoms with E-state index in [2.05, 4.69) is 36.1 Å². The van der Waals surface area contributed by atoms with Gasteiger partial charge in [0.25, 0.3) is 5.56 Å². The number of aromatic nitrogens is 3. The van der Waals surface area contributed by atoms with E-state index in [0.29, 0.717) is 21.2 Å². The van der Waals surface area contributed by atoms with Gasteiger partial charge in [-0.05, 0) is 46.7 Å². The Bertz CT molecular complexity index is 1170. The van der Waals surface area contributed by atoms with Gasteiger partial charge in [-0.1, -0.05) is 55.5 Å². The van der Waals surface area contributed by atoms with Crippen molar-refractivity contribution in [1.82, 2.24) is 14.6 Å². The second-order valence-electron chi connectivity index (χ2n) is 6.25. The van der Waals surface area contributed by atoms with Crippen molar-refractivity contribution < 1.29 is 0 Å². The van der Waals surface area contributed by atoms with Crippen molar-refractivity contribution in [3.63, 3.8) is 0 Å². The number of thiophene rings is 1. The van der Waals surface area contributed by atoms with Crippen LogP contribution in [0, 0.1) is 0 Å². The van der Waals surface area contributed by atoms with Gasteiger partial charge in [0.1, 0.15) is 0 Å². The van der Waals surface area contributed by atoms with Crippen molar-refractivity contribution in [2.45, 2.75) is 19.8 Å². The van der Waals surface area contributed by atoms with Crippen LogP contribution in [0.4, 0.5) is 0 Å². The van der Waals surface area contributed by atoms with Crippen LogP contribution in [0.15, 0.2) is 46.6 Å². The third kappa shape index (κ3) is 3.38. The van der Waals surface area contributed by atoms with Gasteiger partial charge in [-0.3, -0.25) is 4.79 Å². The third-order valence-corrected chi connectivity index (χ3v) is 5.84. The molecule has 6 heteroatoms. The molecule has 3 heterocycles. The third-order valence-electron chi connectivity index (χ3n) is 4.04. The minimum atomic E-state index is -0.124. The van der Waals surface area contributed by atoms with Crippen LogP contribution in [0.3, 0.4) is 0 Å². The summed E-state index contributed by atoms with van der Waals surface area (Å²) in [6.45, 7) is 4.33. The van der Waals surface area contributed by atoms with E-state index in [9.17, 15) is 4.79 Å². The van der Waals surface area contributed by atoms with Gasteiger partial charge in [0.15, 0.2) is 5.82 Å². The summed E-state index contributed by atoms with van der Waals surface area (Å²) < 4.78 is 2.03. The van der Waals surface area contributed by atoms with Crippen molar-refractivity contribution >= 4 is 45.9 Å². The van der Waals surface area contributed by atoms with Gasteiger partial charge < -0.3 is 0 Å². The van der Waals surface area contributed by atoms with Crippen LogP contribution in [0.1, 0.15) is 41.6 Å². The molecule has 0 amide bonds. The van der Waals surface area contributed by atoms with Crippen LogP contribution in [0.25, 0.3) is 23.2 Å². The standard InChI is InChI=1S/C20H17N3OS2/c1-13(2)15-7-5-14(6-8-15)12-17-19(24)23-20(26-17)21-18(22-23)10-9-16-4-3-11-25-16/h3-13H,1-2H3/b10-9+,17-12-.